The number of terminal acetylenes is 1. The predicted octanol–water partition coefficient (Wildman–Crippen LogP) is 10.3. The third kappa shape index (κ3) is 32.3. The standard InChI is InChI=1S/C40H74N2O4/c1-5-9-11-13-18-24-30-39(31-25-19-14-12-10-6-2)46-40(44)32-26-20-16-22-28-35-42(36-37-45-41-33-7-3)34-27-21-15-17-23-29-38(43)8-4/h4,7,39,41H,3,5-6,9-37H2,1-2H3. The zero-order valence-corrected chi connectivity index (χ0v) is 30.4. The summed E-state index contributed by atoms with van der Waals surface area (Å²) >= 11 is 0. The zero-order chi connectivity index (χ0) is 33.8. The molecule has 0 heterocycles. The summed E-state index contributed by atoms with van der Waals surface area (Å²) in [7, 11) is 0. The quantitative estimate of drug-likeness (QED) is 0.0181. The first-order chi connectivity index (χ1) is 22.6. The van der Waals surface area contributed by atoms with E-state index in [4.69, 9.17) is 16.0 Å². The van der Waals surface area contributed by atoms with Gasteiger partial charge in [-0.3, -0.25) is 9.59 Å². The van der Waals surface area contributed by atoms with E-state index in [0.29, 0.717) is 26.0 Å². The van der Waals surface area contributed by atoms with Gasteiger partial charge in [0.2, 0.25) is 5.78 Å². The van der Waals surface area contributed by atoms with Crippen LogP contribution in [0.1, 0.15) is 181 Å². The van der Waals surface area contributed by atoms with Crippen LogP contribution in [-0.4, -0.2) is 55.5 Å². The largest absolute Gasteiger partial charge is 0.462 e. The molecule has 6 heteroatoms. The molecule has 0 bridgehead atoms. The van der Waals surface area contributed by atoms with Crippen LogP contribution in [0.5, 0.6) is 0 Å². The molecule has 0 unspecified atom stereocenters. The molecule has 46 heavy (non-hydrogen) atoms. The molecule has 0 aromatic carbocycles. The molecule has 6 nitrogen and oxygen atoms in total. The van der Waals surface area contributed by atoms with Crippen molar-refractivity contribution in [3.05, 3.63) is 12.7 Å². The first-order valence-corrected chi connectivity index (χ1v) is 19.4. The van der Waals surface area contributed by atoms with Gasteiger partial charge in [0.15, 0.2) is 0 Å². The van der Waals surface area contributed by atoms with Gasteiger partial charge in [-0.05, 0) is 70.4 Å². The van der Waals surface area contributed by atoms with Crippen molar-refractivity contribution in [3.63, 3.8) is 0 Å². The lowest BCUT2D eigenvalue weighted by atomic mass is 10.0. The second-order valence-electron chi connectivity index (χ2n) is 13.2. The normalized spacial score (nSPS) is 11.3. The van der Waals surface area contributed by atoms with Crippen LogP contribution in [0, 0.1) is 12.3 Å². The van der Waals surface area contributed by atoms with E-state index in [0.717, 1.165) is 83.8 Å². The van der Waals surface area contributed by atoms with Crippen LogP contribution in [-0.2, 0) is 19.2 Å². The second kappa shape index (κ2) is 36.2. The lowest BCUT2D eigenvalue weighted by molar-refractivity contribution is -0.150. The van der Waals surface area contributed by atoms with E-state index < -0.39 is 0 Å². The van der Waals surface area contributed by atoms with Crippen LogP contribution in [0.2, 0.25) is 0 Å². The highest BCUT2D eigenvalue weighted by Crippen LogP contribution is 2.18. The highest BCUT2D eigenvalue weighted by atomic mass is 16.6. The van der Waals surface area contributed by atoms with E-state index in [1.807, 2.05) is 0 Å². The maximum absolute atomic E-state index is 12.7. The molecular weight excluding hydrogens is 572 g/mol. The smallest absolute Gasteiger partial charge is 0.306 e. The molecule has 0 fully saturated rings. The van der Waals surface area contributed by atoms with Crippen molar-refractivity contribution in [3.8, 4) is 12.3 Å². The molecule has 0 saturated heterocycles. The fourth-order valence-corrected chi connectivity index (χ4v) is 5.87. The topological polar surface area (TPSA) is 67.9 Å². The van der Waals surface area contributed by atoms with Crippen molar-refractivity contribution < 1.29 is 19.2 Å². The maximum Gasteiger partial charge on any atom is 0.306 e. The Morgan fingerprint density at radius 2 is 1.17 bits per heavy atom. The van der Waals surface area contributed by atoms with Gasteiger partial charge < -0.3 is 14.5 Å². The van der Waals surface area contributed by atoms with Gasteiger partial charge in [0.1, 0.15) is 6.10 Å². The van der Waals surface area contributed by atoms with Crippen LogP contribution in [0.25, 0.3) is 0 Å². The third-order valence-corrected chi connectivity index (χ3v) is 8.79. The van der Waals surface area contributed by atoms with E-state index in [-0.39, 0.29) is 17.9 Å². The summed E-state index contributed by atoms with van der Waals surface area (Å²) in [6, 6.07) is 0. The van der Waals surface area contributed by atoms with Gasteiger partial charge in [-0.15, -0.1) is 13.0 Å². The lowest BCUT2D eigenvalue weighted by Crippen LogP contribution is -2.31. The van der Waals surface area contributed by atoms with Crippen molar-refractivity contribution in [2.24, 2.45) is 0 Å². The Bertz CT molecular complexity index is 719. The highest BCUT2D eigenvalue weighted by molar-refractivity contribution is 5.94. The molecule has 0 spiro atoms. The second-order valence-corrected chi connectivity index (χ2v) is 13.2. The lowest BCUT2D eigenvalue weighted by Gasteiger charge is -2.22. The molecular formula is C40H74N2O4. The number of ether oxygens (including phenoxy) is 1. The number of Topliss-reactive ketones (excluding diaryl/α,β-unsaturated/α-hetero) is 1. The summed E-state index contributed by atoms with van der Waals surface area (Å²) in [6.07, 6.45) is 36.5. The van der Waals surface area contributed by atoms with Crippen LogP contribution in [0.15, 0.2) is 12.7 Å². The Balaban J connectivity index is 4.27. The van der Waals surface area contributed by atoms with Gasteiger partial charge in [-0.2, -0.15) is 5.48 Å². The van der Waals surface area contributed by atoms with Crippen LogP contribution >= 0.6 is 0 Å². The molecule has 0 atom stereocenters. The zero-order valence-electron chi connectivity index (χ0n) is 30.4. The number of ketones is 1. The number of hydrogen-bond donors (Lipinski definition) is 1. The molecule has 0 rings (SSSR count). The molecule has 0 aliphatic rings. The average Bonchev–Trinajstić information content (AvgIpc) is 3.06. The molecule has 268 valence electrons. The van der Waals surface area contributed by atoms with E-state index in [2.05, 4.69) is 36.7 Å². The Morgan fingerprint density at radius 1 is 0.696 bits per heavy atom. The van der Waals surface area contributed by atoms with Gasteiger partial charge in [0.25, 0.3) is 0 Å². The fraction of sp³-hybridized carbons (Fsp3) is 0.850. The molecule has 0 saturated carbocycles. The first-order valence-electron chi connectivity index (χ1n) is 19.4. The number of unbranched alkanes of at least 4 members (excludes halogenated alkanes) is 18. The van der Waals surface area contributed by atoms with Crippen molar-refractivity contribution in [1.29, 1.82) is 0 Å². The maximum atomic E-state index is 12.7. The number of carbonyl (C=O) groups excluding carboxylic acids is 2. The van der Waals surface area contributed by atoms with Crippen LogP contribution in [0.4, 0.5) is 0 Å². The summed E-state index contributed by atoms with van der Waals surface area (Å²) in [5.74, 6) is 2.13. The first kappa shape index (κ1) is 44.3. The monoisotopic (exact) mass is 647 g/mol. The molecule has 0 radical (unpaired) electrons. The number of nitrogens with one attached hydrogen (secondary N) is 1. The Labute approximate surface area is 285 Å². The minimum atomic E-state index is -0.0811. The number of nitrogens with zero attached hydrogens (tertiary/aromatic N) is 1. The number of esters is 1. The van der Waals surface area contributed by atoms with Crippen LogP contribution < -0.4 is 5.48 Å². The minimum Gasteiger partial charge on any atom is -0.462 e. The number of hydrogen-bond acceptors (Lipinski definition) is 6. The summed E-state index contributed by atoms with van der Waals surface area (Å²) < 4.78 is 6.02. The van der Waals surface area contributed by atoms with E-state index in [1.165, 1.54) is 89.9 Å². The van der Waals surface area contributed by atoms with Crippen molar-refractivity contribution in [1.82, 2.24) is 10.4 Å². The Kier molecular flexibility index (Phi) is 34.8. The fourth-order valence-electron chi connectivity index (χ4n) is 5.87. The van der Waals surface area contributed by atoms with Crippen LogP contribution in [0.3, 0.4) is 0 Å². The molecule has 0 aromatic rings. The van der Waals surface area contributed by atoms with Crippen molar-refractivity contribution in [2.45, 2.75) is 187 Å². The van der Waals surface area contributed by atoms with Gasteiger partial charge in [0.05, 0.1) is 6.61 Å². The molecule has 0 aromatic heterocycles. The number of hydroxylamine groups is 1. The molecule has 1 N–H and O–H groups in total. The summed E-state index contributed by atoms with van der Waals surface area (Å²) in [5, 5.41) is 0. The SMILES string of the molecule is C#CC(=O)CCCCCCCN(CCCCCCCC(=O)OC(CCCCCCCC)CCCCCCCC)CCONCC=C. The Morgan fingerprint density at radius 3 is 1.70 bits per heavy atom. The van der Waals surface area contributed by atoms with E-state index in [1.54, 1.807) is 6.08 Å². The van der Waals surface area contributed by atoms with Gasteiger partial charge >= 0.3 is 5.97 Å². The highest BCUT2D eigenvalue weighted by Gasteiger charge is 2.14. The molecule has 0 aliphatic heterocycles. The van der Waals surface area contributed by atoms with Gasteiger partial charge in [-0.1, -0.05) is 123 Å². The average molecular weight is 647 g/mol. The third-order valence-electron chi connectivity index (χ3n) is 8.79. The summed E-state index contributed by atoms with van der Waals surface area (Å²) in [5.41, 5.74) is 2.92. The molecule has 0 amide bonds. The molecule has 0 aliphatic carbocycles. The summed E-state index contributed by atoms with van der Waals surface area (Å²) in [6.45, 7) is 12.6. The minimum absolute atomic E-state index is 0.0147. The van der Waals surface area contributed by atoms with Crippen molar-refractivity contribution >= 4 is 11.8 Å². The van der Waals surface area contributed by atoms with E-state index in [9.17, 15) is 9.59 Å². The van der Waals surface area contributed by atoms with Gasteiger partial charge in [-0.25, -0.2) is 0 Å². The number of rotatable bonds is 37. The van der Waals surface area contributed by atoms with Crippen molar-refractivity contribution in [2.75, 3.05) is 32.8 Å². The predicted molar refractivity (Wildman–Crippen MR) is 196 cm³/mol. The Hall–Kier alpha value is -1.68. The summed E-state index contributed by atoms with van der Waals surface area (Å²) in [4.78, 5) is 32.0. The number of carbonyl (C=O) groups is 2. The van der Waals surface area contributed by atoms with Gasteiger partial charge in [0, 0.05) is 25.9 Å². The van der Waals surface area contributed by atoms with E-state index >= 15 is 0 Å².